The fourth-order valence-electron chi connectivity index (χ4n) is 4.88. The Balaban J connectivity index is 1.21. The van der Waals surface area contributed by atoms with Crippen LogP contribution in [0.1, 0.15) is 21.8 Å². The number of allylic oxidation sites excluding steroid dienone is 1. The third-order valence-corrected chi connectivity index (χ3v) is 6.80. The number of nitrogens with one attached hydrogen (secondary N) is 2. The highest BCUT2D eigenvalue weighted by Gasteiger charge is 2.26. The molecule has 0 bridgehead atoms. The van der Waals surface area contributed by atoms with E-state index in [1.54, 1.807) is 20.4 Å². The number of rotatable bonds is 7. The molecule has 1 saturated heterocycles. The van der Waals surface area contributed by atoms with E-state index >= 15 is 0 Å². The Morgan fingerprint density at radius 1 is 1.14 bits per heavy atom. The summed E-state index contributed by atoms with van der Waals surface area (Å²) in [4.78, 5) is 25.9. The van der Waals surface area contributed by atoms with Crippen LogP contribution >= 0.6 is 0 Å². The molecule has 35 heavy (non-hydrogen) atoms. The van der Waals surface area contributed by atoms with Crippen molar-refractivity contribution in [3.63, 3.8) is 0 Å². The number of nitrogens with zero attached hydrogens (tertiary/aromatic N) is 4. The van der Waals surface area contributed by atoms with Crippen molar-refractivity contribution in [1.29, 1.82) is 0 Å². The molecule has 1 atom stereocenters. The summed E-state index contributed by atoms with van der Waals surface area (Å²) in [5, 5.41) is 6.37. The van der Waals surface area contributed by atoms with Crippen molar-refractivity contribution >= 4 is 18.0 Å². The van der Waals surface area contributed by atoms with Gasteiger partial charge in [-0.3, -0.25) is 9.79 Å². The number of hydrogen-bond donors (Lipinski definition) is 2. The van der Waals surface area contributed by atoms with Crippen LogP contribution in [0.25, 0.3) is 0 Å². The van der Waals surface area contributed by atoms with Crippen LogP contribution in [0.2, 0.25) is 0 Å². The fourth-order valence-corrected chi connectivity index (χ4v) is 4.88. The van der Waals surface area contributed by atoms with E-state index in [9.17, 15) is 4.79 Å². The lowest BCUT2D eigenvalue weighted by Gasteiger charge is -2.36. The van der Waals surface area contributed by atoms with Gasteiger partial charge in [0.05, 0.1) is 20.4 Å². The van der Waals surface area contributed by atoms with Crippen LogP contribution < -0.4 is 25.0 Å². The van der Waals surface area contributed by atoms with Crippen molar-refractivity contribution in [3.8, 4) is 11.5 Å². The largest absolute Gasteiger partial charge is 0.493 e. The predicted octanol–water partition coefficient (Wildman–Crippen LogP) is 1.47. The number of carbonyl (C=O) groups is 1. The van der Waals surface area contributed by atoms with Crippen molar-refractivity contribution in [1.82, 2.24) is 20.5 Å². The van der Waals surface area contributed by atoms with Crippen LogP contribution in [-0.2, 0) is 13.0 Å². The quantitative estimate of drug-likeness (QED) is 0.614. The summed E-state index contributed by atoms with van der Waals surface area (Å²) >= 11 is 0. The van der Waals surface area contributed by atoms with Crippen LogP contribution in [0.5, 0.6) is 11.5 Å². The summed E-state index contributed by atoms with van der Waals surface area (Å²) < 4.78 is 16.7. The molecule has 5 rings (SSSR count). The highest BCUT2D eigenvalue weighted by atomic mass is 16.5. The Labute approximate surface area is 205 Å². The number of ether oxygens (including phenoxy) is 2. The number of aliphatic imine (C=N–C) groups is 1. The van der Waals surface area contributed by atoms with Crippen molar-refractivity contribution in [2.75, 3.05) is 64.9 Å². The van der Waals surface area contributed by atoms with Gasteiger partial charge in [0.25, 0.3) is 5.89 Å². The third kappa shape index (κ3) is 4.97. The van der Waals surface area contributed by atoms with E-state index in [1.807, 2.05) is 18.3 Å². The van der Waals surface area contributed by atoms with Crippen LogP contribution in [0.4, 0.5) is 5.88 Å². The number of fused-ring (bicyclic) bond motifs is 1. The third-order valence-electron chi connectivity index (χ3n) is 6.80. The summed E-state index contributed by atoms with van der Waals surface area (Å²) in [5.74, 6) is 1.92. The number of hydrogen-bond acceptors (Lipinski definition) is 9. The van der Waals surface area contributed by atoms with Gasteiger partial charge in [-0.25, -0.2) is 4.98 Å². The highest BCUT2D eigenvalue weighted by Crippen LogP contribution is 2.34. The summed E-state index contributed by atoms with van der Waals surface area (Å²) in [6.07, 6.45) is 6.38. The van der Waals surface area contributed by atoms with Gasteiger partial charge >= 0.3 is 5.91 Å². The first-order valence-corrected chi connectivity index (χ1v) is 12.0. The second-order valence-corrected chi connectivity index (χ2v) is 8.90. The van der Waals surface area contributed by atoms with Crippen LogP contribution in [0.15, 0.2) is 39.5 Å². The van der Waals surface area contributed by atoms with Gasteiger partial charge in [0.2, 0.25) is 5.88 Å². The van der Waals surface area contributed by atoms with E-state index in [4.69, 9.17) is 13.9 Å². The molecule has 1 aromatic heterocycles. The summed E-state index contributed by atoms with van der Waals surface area (Å²) in [5.41, 5.74) is 3.59. The average molecular weight is 481 g/mol. The number of aromatic nitrogens is 1. The van der Waals surface area contributed by atoms with E-state index in [2.05, 4.69) is 36.5 Å². The van der Waals surface area contributed by atoms with Gasteiger partial charge in [0.15, 0.2) is 11.5 Å². The molecule has 4 heterocycles. The van der Waals surface area contributed by atoms with Crippen molar-refractivity contribution in [2.45, 2.75) is 13.0 Å². The molecule has 0 aliphatic carbocycles. The monoisotopic (exact) mass is 480 g/mol. The Hall–Kier alpha value is -3.53. The van der Waals surface area contributed by atoms with Gasteiger partial charge in [0, 0.05) is 70.2 Å². The standard InChI is InChI=1S/C25H32N6O4/c1-33-21-11-17-4-8-31(16-18(17)12-22(21)34-2)23-15-29-25(35-23)24(32)28-14-19-13-27-5-3-20(19)30-9-6-26-7-10-30/h3,5,11-12,15,19,26H,4,6-10,13-14,16H2,1-2H3,(H,28,32). The maximum Gasteiger partial charge on any atom is 0.307 e. The minimum Gasteiger partial charge on any atom is -0.493 e. The molecule has 0 spiro atoms. The maximum absolute atomic E-state index is 12.8. The Kier molecular flexibility index (Phi) is 6.89. The molecule has 186 valence electrons. The van der Waals surface area contributed by atoms with Crippen LogP contribution in [0, 0.1) is 5.92 Å². The number of dihydropyridines is 1. The minimum absolute atomic E-state index is 0.0742. The molecule has 1 aromatic carbocycles. The first-order valence-electron chi connectivity index (χ1n) is 12.0. The molecule has 0 radical (unpaired) electrons. The van der Waals surface area contributed by atoms with Crippen molar-refractivity contribution in [3.05, 3.63) is 47.1 Å². The van der Waals surface area contributed by atoms with E-state index < -0.39 is 0 Å². The molecular weight excluding hydrogens is 448 g/mol. The highest BCUT2D eigenvalue weighted by molar-refractivity contribution is 5.89. The molecule has 1 unspecified atom stereocenters. The zero-order chi connectivity index (χ0) is 24.2. The van der Waals surface area contributed by atoms with Crippen molar-refractivity contribution < 1.29 is 18.7 Å². The first kappa shape index (κ1) is 23.2. The molecule has 2 N–H and O–H groups in total. The lowest BCUT2D eigenvalue weighted by atomic mass is 9.99. The molecule has 1 fully saturated rings. The molecule has 3 aliphatic rings. The fraction of sp³-hybridized carbons (Fsp3) is 0.480. The second kappa shape index (κ2) is 10.4. The summed E-state index contributed by atoms with van der Waals surface area (Å²) in [6, 6.07) is 4.03. The maximum atomic E-state index is 12.8. The van der Waals surface area contributed by atoms with Crippen molar-refractivity contribution in [2.24, 2.45) is 10.9 Å². The molecule has 3 aliphatic heterocycles. The van der Waals surface area contributed by atoms with Crippen LogP contribution in [-0.4, -0.2) is 82.0 Å². The molecule has 10 heteroatoms. The Bertz CT molecular complexity index is 1120. The normalized spacial score (nSPS) is 19.7. The lowest BCUT2D eigenvalue weighted by molar-refractivity contribution is 0.0913. The Morgan fingerprint density at radius 3 is 2.69 bits per heavy atom. The molecule has 1 amide bonds. The van der Waals surface area contributed by atoms with Gasteiger partial charge < -0.3 is 34.3 Å². The van der Waals surface area contributed by atoms with E-state index in [0.717, 1.165) is 50.5 Å². The number of carbonyl (C=O) groups excluding carboxylic acids is 1. The van der Waals surface area contributed by atoms with Gasteiger partial charge in [0.1, 0.15) is 0 Å². The predicted molar refractivity (Wildman–Crippen MR) is 133 cm³/mol. The zero-order valence-electron chi connectivity index (χ0n) is 20.2. The van der Waals surface area contributed by atoms with Gasteiger partial charge in [-0.1, -0.05) is 0 Å². The molecular formula is C25H32N6O4. The van der Waals surface area contributed by atoms with E-state index in [0.29, 0.717) is 31.3 Å². The summed E-state index contributed by atoms with van der Waals surface area (Å²) in [7, 11) is 3.28. The van der Waals surface area contributed by atoms with Gasteiger partial charge in [-0.05, 0) is 35.8 Å². The number of amides is 1. The second-order valence-electron chi connectivity index (χ2n) is 8.90. The SMILES string of the molecule is COc1cc2c(cc1OC)CN(c1cnc(C(=O)NCC3CN=CC=C3N3CCNCC3)o1)CC2. The Morgan fingerprint density at radius 2 is 1.91 bits per heavy atom. The smallest absolute Gasteiger partial charge is 0.307 e. The topological polar surface area (TPSA) is 104 Å². The molecule has 0 saturated carbocycles. The lowest BCUT2D eigenvalue weighted by Crippen LogP contribution is -2.46. The van der Waals surface area contributed by atoms with Crippen LogP contribution in [0.3, 0.4) is 0 Å². The number of oxazole rings is 1. The van der Waals surface area contributed by atoms with Gasteiger partial charge in [-0.15, -0.1) is 0 Å². The number of piperazine rings is 1. The summed E-state index contributed by atoms with van der Waals surface area (Å²) in [6.45, 7) is 6.41. The number of methoxy groups -OCH3 is 2. The van der Waals surface area contributed by atoms with E-state index in [1.165, 1.54) is 11.3 Å². The number of benzene rings is 1. The molecule has 10 nitrogen and oxygen atoms in total. The van der Waals surface area contributed by atoms with E-state index in [-0.39, 0.29) is 17.7 Å². The number of anilines is 1. The van der Waals surface area contributed by atoms with Gasteiger partial charge in [-0.2, -0.15) is 0 Å². The first-order chi connectivity index (χ1) is 17.2. The zero-order valence-corrected chi connectivity index (χ0v) is 20.2. The minimum atomic E-state index is -0.311. The average Bonchev–Trinajstić information content (AvgIpc) is 3.42. The molecule has 2 aromatic rings.